The normalized spacial score (nSPS) is 10.3. The summed E-state index contributed by atoms with van der Waals surface area (Å²) in [4.78, 5) is 0. The molecule has 0 aromatic heterocycles. The zero-order valence-electron chi connectivity index (χ0n) is 9.45. The van der Waals surface area contributed by atoms with Crippen molar-refractivity contribution in [3.63, 3.8) is 0 Å². The number of rotatable bonds is 6. The number of methoxy groups -OCH3 is 1. The fraction of sp³-hybridized carbons (Fsp3) is 0.500. The molecule has 3 heteroatoms. The monoisotopic (exact) mass is 209 g/mol. The lowest BCUT2D eigenvalue weighted by Gasteiger charge is -2.09. The summed E-state index contributed by atoms with van der Waals surface area (Å²) >= 11 is 0. The molecule has 0 atom stereocenters. The summed E-state index contributed by atoms with van der Waals surface area (Å²) in [6.07, 6.45) is 2.00. The predicted octanol–water partition coefficient (Wildman–Crippen LogP) is 2.38. The highest BCUT2D eigenvalue weighted by Gasteiger charge is 1.99. The highest BCUT2D eigenvalue weighted by molar-refractivity contribution is 5.53. The van der Waals surface area contributed by atoms with Gasteiger partial charge in [0.1, 0.15) is 5.75 Å². The number of aryl methyl sites for hydroxylation is 1. The second-order valence-corrected chi connectivity index (χ2v) is 3.59. The molecule has 0 saturated carbocycles. The van der Waals surface area contributed by atoms with Gasteiger partial charge >= 0.3 is 0 Å². The van der Waals surface area contributed by atoms with Crippen LogP contribution in [0.4, 0.5) is 5.69 Å². The van der Waals surface area contributed by atoms with E-state index in [1.54, 1.807) is 7.11 Å². The fourth-order valence-electron chi connectivity index (χ4n) is 1.33. The Hall–Kier alpha value is -1.22. The van der Waals surface area contributed by atoms with Gasteiger partial charge < -0.3 is 15.2 Å². The molecule has 0 bridgehead atoms. The van der Waals surface area contributed by atoms with Crippen molar-refractivity contribution >= 4 is 5.69 Å². The van der Waals surface area contributed by atoms with Gasteiger partial charge in [-0.2, -0.15) is 0 Å². The minimum atomic E-state index is 0.691. The summed E-state index contributed by atoms with van der Waals surface area (Å²) in [7, 11) is 1.71. The Kier molecular flexibility index (Phi) is 4.98. The van der Waals surface area contributed by atoms with Crippen molar-refractivity contribution in [3.8, 4) is 5.75 Å². The average molecular weight is 209 g/mol. The first-order valence-corrected chi connectivity index (χ1v) is 5.22. The predicted molar refractivity (Wildman–Crippen MR) is 62.2 cm³/mol. The Labute approximate surface area is 91.2 Å². The molecule has 0 aliphatic heterocycles. The van der Waals surface area contributed by atoms with E-state index >= 15 is 0 Å². The third kappa shape index (κ3) is 4.21. The third-order valence-electron chi connectivity index (χ3n) is 2.17. The number of nitrogen functional groups attached to an aromatic ring is 1. The fourth-order valence-corrected chi connectivity index (χ4v) is 1.33. The van der Waals surface area contributed by atoms with E-state index in [1.807, 2.05) is 25.1 Å². The van der Waals surface area contributed by atoms with E-state index in [0.717, 1.165) is 30.8 Å². The van der Waals surface area contributed by atoms with Crippen LogP contribution < -0.4 is 10.5 Å². The molecule has 1 rings (SSSR count). The first-order valence-electron chi connectivity index (χ1n) is 5.22. The minimum absolute atomic E-state index is 0.691. The van der Waals surface area contributed by atoms with E-state index in [9.17, 15) is 0 Å². The van der Waals surface area contributed by atoms with E-state index in [4.69, 9.17) is 15.2 Å². The molecule has 0 heterocycles. The van der Waals surface area contributed by atoms with Crippen LogP contribution in [-0.4, -0.2) is 20.3 Å². The molecule has 0 spiro atoms. The summed E-state index contributed by atoms with van der Waals surface area (Å²) in [5.74, 6) is 0.776. The molecule has 1 aromatic carbocycles. The lowest BCUT2D eigenvalue weighted by atomic mass is 10.2. The summed E-state index contributed by atoms with van der Waals surface area (Å²) in [6.45, 7) is 3.49. The van der Waals surface area contributed by atoms with E-state index in [-0.39, 0.29) is 0 Å². The number of nitrogens with two attached hydrogens (primary N) is 1. The zero-order chi connectivity index (χ0) is 11.1. The Bertz CT molecular complexity index is 300. The van der Waals surface area contributed by atoms with Crippen LogP contribution in [0.15, 0.2) is 18.2 Å². The Morgan fingerprint density at radius 2 is 1.93 bits per heavy atom. The summed E-state index contributed by atoms with van der Waals surface area (Å²) in [6, 6.07) is 5.84. The molecule has 1 aromatic rings. The SMILES string of the molecule is COCCCCOc1ccc(C)cc1N. The van der Waals surface area contributed by atoms with Crippen molar-refractivity contribution in [1.29, 1.82) is 0 Å². The van der Waals surface area contributed by atoms with Crippen molar-refractivity contribution in [1.82, 2.24) is 0 Å². The second-order valence-electron chi connectivity index (χ2n) is 3.59. The van der Waals surface area contributed by atoms with E-state index in [0.29, 0.717) is 12.3 Å². The van der Waals surface area contributed by atoms with Gasteiger partial charge in [0.15, 0.2) is 0 Å². The summed E-state index contributed by atoms with van der Waals surface area (Å²) in [5, 5.41) is 0. The Balaban J connectivity index is 2.31. The molecule has 0 unspecified atom stereocenters. The van der Waals surface area contributed by atoms with E-state index < -0.39 is 0 Å². The van der Waals surface area contributed by atoms with Gasteiger partial charge in [0.05, 0.1) is 12.3 Å². The van der Waals surface area contributed by atoms with Crippen molar-refractivity contribution in [2.75, 3.05) is 26.1 Å². The van der Waals surface area contributed by atoms with Gasteiger partial charge in [-0.25, -0.2) is 0 Å². The molecular weight excluding hydrogens is 190 g/mol. The first-order chi connectivity index (χ1) is 7.24. The molecule has 15 heavy (non-hydrogen) atoms. The zero-order valence-corrected chi connectivity index (χ0v) is 9.45. The largest absolute Gasteiger partial charge is 0.491 e. The molecule has 84 valence electrons. The standard InChI is InChI=1S/C12H19NO2/c1-10-5-6-12(11(13)9-10)15-8-4-3-7-14-2/h5-6,9H,3-4,7-8,13H2,1-2H3. The number of unbranched alkanes of at least 4 members (excludes halogenated alkanes) is 1. The minimum Gasteiger partial charge on any atom is -0.491 e. The van der Waals surface area contributed by atoms with Crippen LogP contribution in [-0.2, 0) is 4.74 Å². The second kappa shape index (κ2) is 6.30. The van der Waals surface area contributed by atoms with Crippen LogP contribution in [0.1, 0.15) is 18.4 Å². The van der Waals surface area contributed by atoms with Gasteiger partial charge in [-0.1, -0.05) is 6.07 Å². The highest BCUT2D eigenvalue weighted by atomic mass is 16.5. The number of hydrogen-bond acceptors (Lipinski definition) is 3. The molecule has 0 aliphatic rings. The maximum atomic E-state index is 5.81. The van der Waals surface area contributed by atoms with Gasteiger partial charge in [-0.05, 0) is 37.5 Å². The number of hydrogen-bond donors (Lipinski definition) is 1. The molecule has 0 aliphatic carbocycles. The van der Waals surface area contributed by atoms with Crippen LogP contribution in [0.5, 0.6) is 5.75 Å². The van der Waals surface area contributed by atoms with Crippen molar-refractivity contribution in [3.05, 3.63) is 23.8 Å². The molecule has 0 fully saturated rings. The highest BCUT2D eigenvalue weighted by Crippen LogP contribution is 2.22. The number of benzene rings is 1. The molecule has 0 amide bonds. The maximum absolute atomic E-state index is 5.81. The third-order valence-corrected chi connectivity index (χ3v) is 2.17. The lowest BCUT2D eigenvalue weighted by molar-refractivity contribution is 0.184. The number of ether oxygens (including phenoxy) is 2. The Morgan fingerprint density at radius 3 is 2.60 bits per heavy atom. The van der Waals surface area contributed by atoms with Crippen molar-refractivity contribution in [2.24, 2.45) is 0 Å². The van der Waals surface area contributed by atoms with Crippen LogP contribution in [0, 0.1) is 6.92 Å². The maximum Gasteiger partial charge on any atom is 0.142 e. The van der Waals surface area contributed by atoms with Crippen molar-refractivity contribution in [2.45, 2.75) is 19.8 Å². The van der Waals surface area contributed by atoms with Gasteiger partial charge in [-0.3, -0.25) is 0 Å². The van der Waals surface area contributed by atoms with E-state index in [2.05, 4.69) is 0 Å². The first kappa shape index (κ1) is 11.9. The van der Waals surface area contributed by atoms with Crippen LogP contribution in [0.2, 0.25) is 0 Å². The van der Waals surface area contributed by atoms with Crippen molar-refractivity contribution < 1.29 is 9.47 Å². The van der Waals surface area contributed by atoms with Gasteiger partial charge in [-0.15, -0.1) is 0 Å². The summed E-state index contributed by atoms with van der Waals surface area (Å²) < 4.78 is 10.5. The quantitative estimate of drug-likeness (QED) is 0.578. The average Bonchev–Trinajstić information content (AvgIpc) is 2.20. The van der Waals surface area contributed by atoms with Crippen LogP contribution >= 0.6 is 0 Å². The molecule has 3 nitrogen and oxygen atoms in total. The topological polar surface area (TPSA) is 44.5 Å². The Morgan fingerprint density at radius 1 is 1.20 bits per heavy atom. The summed E-state index contributed by atoms with van der Waals surface area (Å²) in [5.41, 5.74) is 7.67. The molecule has 2 N–H and O–H groups in total. The lowest BCUT2D eigenvalue weighted by Crippen LogP contribution is -2.02. The van der Waals surface area contributed by atoms with Gasteiger partial charge in [0.2, 0.25) is 0 Å². The van der Waals surface area contributed by atoms with Gasteiger partial charge in [0, 0.05) is 13.7 Å². The molecule has 0 radical (unpaired) electrons. The number of anilines is 1. The van der Waals surface area contributed by atoms with Crippen LogP contribution in [0.25, 0.3) is 0 Å². The molecular formula is C12H19NO2. The van der Waals surface area contributed by atoms with E-state index in [1.165, 1.54) is 0 Å². The van der Waals surface area contributed by atoms with Gasteiger partial charge in [0.25, 0.3) is 0 Å². The van der Waals surface area contributed by atoms with Crippen LogP contribution in [0.3, 0.4) is 0 Å². The molecule has 0 saturated heterocycles. The smallest absolute Gasteiger partial charge is 0.142 e.